The Hall–Kier alpha value is -6.00. The highest BCUT2D eigenvalue weighted by Gasteiger charge is 2.56. The molecular formula is C54H91FN6O21. The van der Waals surface area contributed by atoms with Crippen molar-refractivity contribution in [3.63, 3.8) is 0 Å². The third-order valence-corrected chi connectivity index (χ3v) is 11.6. The zero-order valence-electron chi connectivity index (χ0n) is 51.0. The number of carbonyl (C=O) groups excluding carboxylic acids is 9. The van der Waals surface area contributed by atoms with Gasteiger partial charge in [0.1, 0.15) is 46.3 Å². The molecule has 6 amide bonds. The Morgan fingerprint density at radius 2 is 0.951 bits per heavy atom. The maximum atomic E-state index is 18.7. The van der Waals surface area contributed by atoms with Crippen LogP contribution < -0.4 is 31.9 Å². The van der Waals surface area contributed by atoms with E-state index in [0.717, 1.165) is 20.8 Å². The van der Waals surface area contributed by atoms with Gasteiger partial charge in [-0.05, 0) is 130 Å². The second-order valence-corrected chi connectivity index (χ2v) is 25.2. The van der Waals surface area contributed by atoms with Crippen molar-refractivity contribution in [2.24, 2.45) is 0 Å². The second-order valence-electron chi connectivity index (χ2n) is 25.2. The van der Waals surface area contributed by atoms with Gasteiger partial charge in [-0.2, -0.15) is 0 Å². The first-order chi connectivity index (χ1) is 37.5. The van der Waals surface area contributed by atoms with Gasteiger partial charge in [0.05, 0.1) is 30.3 Å². The normalized spacial score (nSPS) is 27.3. The number of amides is 6. The van der Waals surface area contributed by atoms with E-state index in [-0.39, 0.29) is 38.8 Å². The van der Waals surface area contributed by atoms with Crippen molar-refractivity contribution in [1.29, 1.82) is 0 Å². The molecule has 28 heteroatoms. The van der Waals surface area contributed by atoms with Crippen molar-refractivity contribution in [1.82, 2.24) is 31.9 Å². The molecule has 82 heavy (non-hydrogen) atoms. The van der Waals surface area contributed by atoms with E-state index in [1.165, 1.54) is 0 Å². The summed E-state index contributed by atoms with van der Waals surface area (Å²) in [6.45, 7) is 28.8. The van der Waals surface area contributed by atoms with Crippen LogP contribution >= 0.6 is 0 Å². The summed E-state index contributed by atoms with van der Waals surface area (Å²) >= 11 is 0. The molecule has 0 spiro atoms. The Bertz CT molecular complexity index is 2210. The summed E-state index contributed by atoms with van der Waals surface area (Å²) < 4.78 is 89.0. The molecular weight excluding hydrogens is 1090 g/mol. The van der Waals surface area contributed by atoms with Gasteiger partial charge in [0.25, 0.3) is 5.91 Å². The molecule has 470 valence electrons. The quantitative estimate of drug-likeness (QED) is 0.0725. The molecule has 1 saturated carbocycles. The van der Waals surface area contributed by atoms with E-state index in [1.807, 2.05) is 0 Å². The van der Waals surface area contributed by atoms with Crippen LogP contribution in [0.5, 0.6) is 0 Å². The summed E-state index contributed by atoms with van der Waals surface area (Å²) in [6, 6.07) is -5.70. The molecule has 2 saturated heterocycles. The summed E-state index contributed by atoms with van der Waals surface area (Å²) in [7, 11) is 0. The maximum absolute atomic E-state index is 18.7. The van der Waals surface area contributed by atoms with Crippen LogP contribution in [-0.2, 0) is 76.0 Å². The predicted octanol–water partition coefficient (Wildman–Crippen LogP) is 5.54. The van der Waals surface area contributed by atoms with Crippen molar-refractivity contribution in [3.8, 4) is 0 Å². The number of ether oxygens (including phenoxy) is 12. The highest BCUT2D eigenvalue weighted by Crippen LogP contribution is 2.37. The summed E-state index contributed by atoms with van der Waals surface area (Å²) in [5, 5.41) is 15.8. The number of carbonyl (C=O) groups is 9. The monoisotopic (exact) mass is 1180 g/mol. The van der Waals surface area contributed by atoms with Crippen molar-refractivity contribution in [2.45, 2.75) is 277 Å². The first-order valence-corrected chi connectivity index (χ1v) is 27.5. The third kappa shape index (κ3) is 25.2. The summed E-state index contributed by atoms with van der Waals surface area (Å²) in [5.74, 6) is -3.72. The zero-order valence-corrected chi connectivity index (χ0v) is 51.0. The Balaban J connectivity index is 2.31. The van der Waals surface area contributed by atoms with E-state index >= 15 is 4.39 Å². The fraction of sp³-hybridized carbons (Fsp3) is 0.833. The lowest BCUT2D eigenvalue weighted by Crippen LogP contribution is -2.70. The molecule has 3 fully saturated rings. The average Bonchev–Trinajstić information content (AvgIpc) is 3.27. The van der Waals surface area contributed by atoms with Gasteiger partial charge in [-0.3, -0.25) is 19.2 Å². The van der Waals surface area contributed by atoms with Crippen LogP contribution in [0.15, 0.2) is 0 Å². The largest absolute Gasteiger partial charge is 0.457 e. The van der Waals surface area contributed by atoms with Crippen LogP contribution in [0.4, 0.5) is 28.4 Å². The molecule has 6 N–H and O–H groups in total. The molecule has 0 aromatic carbocycles. The Morgan fingerprint density at radius 1 is 0.512 bits per heavy atom. The van der Waals surface area contributed by atoms with Crippen LogP contribution in [0.2, 0.25) is 0 Å². The summed E-state index contributed by atoms with van der Waals surface area (Å²) in [4.78, 5) is 119. The standard InChI is InChI=1S/C54H91FN6O21/c1-20-34-40(72-28(3)63)37(61-49(70)82-54(17,18)19)41(73-29(4)64)44(75-34)77-38-32(58-42(65)35(71-27(2)62)23-24-56-45(66)78-50(5,6)7)25-33(60-48(69)81-53(14,15)16)39(36(38)55)76-43-31(59-47(68)80-52(11,12)13)22-21-30(74-43)26-57-46(67)79-51(8,9)10/h30-41,43-44H,20-26H2,1-19H3,(H,56,66)(H,57,67)(H,58,65)(H,59,68)(H,60,69)(H,61,70)/t30?,31?,32-,33+,34?,35+,36?,37+,38-,39?,40+,41?,43+,44+/m1/s1. The van der Waals surface area contributed by atoms with Crippen LogP contribution in [0.3, 0.4) is 0 Å². The molecule has 1 aliphatic carbocycles. The minimum Gasteiger partial charge on any atom is -0.457 e. The number of halogens is 1. The van der Waals surface area contributed by atoms with Crippen molar-refractivity contribution in [2.75, 3.05) is 13.1 Å². The zero-order chi connectivity index (χ0) is 62.5. The van der Waals surface area contributed by atoms with Crippen molar-refractivity contribution < 1.29 is 104 Å². The van der Waals surface area contributed by atoms with E-state index in [1.54, 1.807) is 111 Å². The lowest BCUT2D eigenvalue weighted by molar-refractivity contribution is -0.311. The molecule has 3 aliphatic rings. The number of nitrogens with one attached hydrogen (secondary N) is 6. The van der Waals surface area contributed by atoms with Crippen molar-refractivity contribution >= 4 is 54.3 Å². The van der Waals surface area contributed by atoms with Crippen LogP contribution in [0, 0.1) is 0 Å². The van der Waals surface area contributed by atoms with Gasteiger partial charge >= 0.3 is 48.4 Å². The highest BCUT2D eigenvalue weighted by molar-refractivity contribution is 5.84. The van der Waals surface area contributed by atoms with E-state index in [2.05, 4.69) is 31.9 Å². The number of alkyl carbamates (subject to hydrolysis) is 5. The van der Waals surface area contributed by atoms with E-state index < -0.39 is 174 Å². The molecule has 6 unspecified atom stereocenters. The van der Waals surface area contributed by atoms with Crippen LogP contribution in [0.1, 0.15) is 164 Å². The first kappa shape index (κ1) is 70.3. The van der Waals surface area contributed by atoms with Gasteiger partial charge in [0.15, 0.2) is 37.1 Å². The van der Waals surface area contributed by atoms with Crippen LogP contribution in [-0.4, -0.2) is 181 Å². The van der Waals surface area contributed by atoms with Gasteiger partial charge in [0.2, 0.25) is 0 Å². The van der Waals surface area contributed by atoms with Gasteiger partial charge < -0.3 is 88.7 Å². The van der Waals surface area contributed by atoms with Crippen LogP contribution in [0.25, 0.3) is 0 Å². The van der Waals surface area contributed by atoms with E-state index in [4.69, 9.17) is 56.8 Å². The number of alkyl halides is 1. The molecule has 0 aromatic heterocycles. The van der Waals surface area contributed by atoms with E-state index in [0.29, 0.717) is 0 Å². The minimum absolute atomic E-state index is 0.0466. The van der Waals surface area contributed by atoms with E-state index in [9.17, 15) is 43.2 Å². The minimum atomic E-state index is -2.53. The van der Waals surface area contributed by atoms with Gasteiger partial charge in [-0.25, -0.2) is 28.4 Å². The molecule has 27 nitrogen and oxygen atoms in total. The molecule has 0 aromatic rings. The molecule has 2 aliphatic heterocycles. The topological polar surface area (TPSA) is 337 Å². The number of hydrogen-bond donors (Lipinski definition) is 6. The van der Waals surface area contributed by atoms with Gasteiger partial charge in [-0.15, -0.1) is 0 Å². The maximum Gasteiger partial charge on any atom is 0.408 e. The first-order valence-electron chi connectivity index (χ1n) is 27.5. The molecule has 3 rings (SSSR count). The Labute approximate surface area is 479 Å². The number of hydrogen-bond acceptors (Lipinski definition) is 21. The number of esters is 3. The lowest BCUT2D eigenvalue weighted by atomic mass is 9.83. The highest BCUT2D eigenvalue weighted by atomic mass is 19.1. The lowest BCUT2D eigenvalue weighted by Gasteiger charge is -2.49. The van der Waals surface area contributed by atoms with Gasteiger partial charge in [0, 0.05) is 40.3 Å². The smallest absolute Gasteiger partial charge is 0.408 e. The predicted molar refractivity (Wildman–Crippen MR) is 287 cm³/mol. The summed E-state index contributed by atoms with van der Waals surface area (Å²) in [5.41, 5.74) is -4.88. The fourth-order valence-electron chi connectivity index (χ4n) is 8.77. The van der Waals surface area contributed by atoms with Gasteiger partial charge in [-0.1, -0.05) is 6.92 Å². The Morgan fingerprint density at radius 3 is 1.43 bits per heavy atom. The number of rotatable bonds is 18. The second kappa shape index (κ2) is 29.5. The molecule has 0 radical (unpaired) electrons. The summed E-state index contributed by atoms with van der Waals surface area (Å²) in [6.07, 6.45) is -21.8. The molecule has 14 atom stereocenters. The molecule has 2 heterocycles. The fourth-order valence-corrected chi connectivity index (χ4v) is 8.77. The third-order valence-electron chi connectivity index (χ3n) is 11.6. The SMILES string of the molecule is CCC1O[C@@H](O[C@H]2C(F)C(O[C@@H]3OC(CNC(=O)OC(C)(C)C)CCC3NC(=O)OC(C)(C)C)[C@@H](NC(=O)OC(C)(C)C)C[C@H]2NC(=O)[C@H](CCNC(=O)OC(C)(C)C)OC(C)=O)C(OC(C)=O)[C@@H](NC(=O)OC(C)(C)C)[C@H]1OC(C)=O. The average molecular weight is 1180 g/mol. The molecule has 0 bridgehead atoms. The Kier molecular flexibility index (Phi) is 25.3. The van der Waals surface area contributed by atoms with Crippen molar-refractivity contribution in [3.05, 3.63) is 0 Å².